The lowest BCUT2D eigenvalue weighted by Gasteiger charge is -2.17. The summed E-state index contributed by atoms with van der Waals surface area (Å²) in [4.78, 5) is 0. The minimum absolute atomic E-state index is 0.0453. The van der Waals surface area contributed by atoms with Crippen LogP contribution in [0.3, 0.4) is 0 Å². The zero-order valence-electron chi connectivity index (χ0n) is 11.5. The fraction of sp³-hybridized carbons (Fsp3) is 0.357. The molecule has 0 radical (unpaired) electrons. The van der Waals surface area contributed by atoms with Crippen molar-refractivity contribution in [1.82, 2.24) is 15.2 Å². The summed E-state index contributed by atoms with van der Waals surface area (Å²) in [5.74, 6) is 5.73. The Kier molecular flexibility index (Phi) is 5.37. The molecule has 0 saturated carbocycles. The largest absolute Gasteiger partial charge is 0.272 e. The zero-order chi connectivity index (χ0) is 14.7. The molecule has 0 saturated heterocycles. The van der Waals surface area contributed by atoms with Gasteiger partial charge in [-0.1, -0.05) is 38.8 Å². The molecule has 0 aliphatic carbocycles. The van der Waals surface area contributed by atoms with Gasteiger partial charge in [0.25, 0.3) is 0 Å². The van der Waals surface area contributed by atoms with Gasteiger partial charge >= 0.3 is 0 Å². The van der Waals surface area contributed by atoms with Crippen LogP contribution in [0.4, 0.5) is 0 Å². The van der Waals surface area contributed by atoms with Crippen molar-refractivity contribution in [3.05, 3.63) is 50.2 Å². The number of benzene rings is 1. The quantitative estimate of drug-likeness (QED) is 0.597. The monoisotopic (exact) mass is 400 g/mol. The third kappa shape index (κ3) is 3.69. The minimum Gasteiger partial charge on any atom is -0.272 e. The number of aryl methyl sites for hydroxylation is 2. The maximum Gasteiger partial charge on any atom is 0.0624 e. The molecule has 20 heavy (non-hydrogen) atoms. The molecule has 0 fully saturated rings. The highest BCUT2D eigenvalue weighted by atomic mass is 79.9. The topological polar surface area (TPSA) is 55.9 Å². The Labute approximate surface area is 136 Å². The molecule has 2 rings (SSSR count). The second kappa shape index (κ2) is 6.85. The summed E-state index contributed by atoms with van der Waals surface area (Å²) in [6, 6.07) is 8.34. The van der Waals surface area contributed by atoms with E-state index in [0.29, 0.717) is 0 Å². The van der Waals surface area contributed by atoms with Crippen LogP contribution in [-0.4, -0.2) is 9.78 Å². The fourth-order valence-corrected chi connectivity index (χ4v) is 3.52. The van der Waals surface area contributed by atoms with Crippen LogP contribution in [-0.2, 0) is 19.9 Å². The summed E-state index contributed by atoms with van der Waals surface area (Å²) in [6.45, 7) is 2.11. The van der Waals surface area contributed by atoms with Crippen molar-refractivity contribution < 1.29 is 0 Å². The van der Waals surface area contributed by atoms with E-state index in [0.717, 1.165) is 33.0 Å². The maximum absolute atomic E-state index is 5.73. The first-order chi connectivity index (χ1) is 9.53. The summed E-state index contributed by atoms with van der Waals surface area (Å²) in [5.41, 5.74) is 6.30. The van der Waals surface area contributed by atoms with E-state index in [1.54, 1.807) is 0 Å². The van der Waals surface area contributed by atoms with Crippen LogP contribution in [0.5, 0.6) is 0 Å². The number of rotatable bonds is 5. The standard InChI is InChI=1S/C14H18Br2N4/c1-3-12-7-13(20(2)19-12)8-14(18-17)9-4-10(15)6-11(16)5-9/h4-7,14,18H,3,8,17H2,1-2H3. The number of halogens is 2. The molecular formula is C14H18Br2N4. The molecule has 0 amide bonds. The second-order valence-corrected chi connectivity index (χ2v) is 6.56. The third-order valence-corrected chi connectivity index (χ3v) is 4.21. The van der Waals surface area contributed by atoms with Crippen LogP contribution in [0.1, 0.15) is 29.9 Å². The van der Waals surface area contributed by atoms with Gasteiger partial charge in [0, 0.05) is 28.1 Å². The molecule has 0 aliphatic rings. The SMILES string of the molecule is CCc1cc(CC(NN)c2cc(Br)cc(Br)c2)n(C)n1. The van der Waals surface area contributed by atoms with Crippen molar-refractivity contribution in [2.24, 2.45) is 12.9 Å². The van der Waals surface area contributed by atoms with Crippen LogP contribution >= 0.6 is 31.9 Å². The van der Waals surface area contributed by atoms with Crippen LogP contribution in [0.15, 0.2) is 33.2 Å². The number of nitrogens with two attached hydrogens (primary N) is 1. The highest BCUT2D eigenvalue weighted by molar-refractivity contribution is 9.11. The molecule has 1 aromatic heterocycles. The number of nitrogens with one attached hydrogen (secondary N) is 1. The average molecular weight is 402 g/mol. The first kappa shape index (κ1) is 15.7. The second-order valence-electron chi connectivity index (χ2n) is 4.73. The molecule has 0 spiro atoms. The van der Waals surface area contributed by atoms with Gasteiger partial charge in [-0.3, -0.25) is 16.0 Å². The Morgan fingerprint density at radius 2 is 1.90 bits per heavy atom. The molecule has 2 aromatic rings. The van der Waals surface area contributed by atoms with Gasteiger partial charge < -0.3 is 0 Å². The van der Waals surface area contributed by atoms with Crippen molar-refractivity contribution >= 4 is 31.9 Å². The van der Waals surface area contributed by atoms with E-state index in [1.807, 2.05) is 17.8 Å². The van der Waals surface area contributed by atoms with E-state index >= 15 is 0 Å². The smallest absolute Gasteiger partial charge is 0.0624 e. The molecule has 1 aromatic carbocycles. The summed E-state index contributed by atoms with van der Waals surface area (Å²) in [5, 5.41) is 4.47. The molecule has 1 unspecified atom stereocenters. The molecular weight excluding hydrogens is 384 g/mol. The molecule has 1 atom stereocenters. The van der Waals surface area contributed by atoms with Gasteiger partial charge in [-0.25, -0.2) is 0 Å². The van der Waals surface area contributed by atoms with E-state index in [-0.39, 0.29) is 6.04 Å². The van der Waals surface area contributed by atoms with Crippen molar-refractivity contribution in [2.75, 3.05) is 0 Å². The van der Waals surface area contributed by atoms with Crippen LogP contribution in [0.2, 0.25) is 0 Å². The van der Waals surface area contributed by atoms with Crippen molar-refractivity contribution in [3.63, 3.8) is 0 Å². The Balaban J connectivity index is 2.25. The summed E-state index contributed by atoms with van der Waals surface area (Å²) in [6.07, 6.45) is 1.74. The van der Waals surface area contributed by atoms with Crippen LogP contribution in [0.25, 0.3) is 0 Å². The van der Waals surface area contributed by atoms with Gasteiger partial charge in [0.1, 0.15) is 0 Å². The van der Waals surface area contributed by atoms with Gasteiger partial charge in [0.2, 0.25) is 0 Å². The zero-order valence-corrected chi connectivity index (χ0v) is 14.7. The number of aromatic nitrogens is 2. The van der Waals surface area contributed by atoms with Gasteiger partial charge in [-0.15, -0.1) is 0 Å². The van der Waals surface area contributed by atoms with E-state index in [9.17, 15) is 0 Å². The Bertz CT molecular complexity index is 575. The van der Waals surface area contributed by atoms with E-state index in [4.69, 9.17) is 5.84 Å². The molecule has 0 bridgehead atoms. The van der Waals surface area contributed by atoms with Gasteiger partial charge in [-0.2, -0.15) is 5.10 Å². The molecule has 4 nitrogen and oxygen atoms in total. The predicted molar refractivity (Wildman–Crippen MR) is 88.2 cm³/mol. The van der Waals surface area contributed by atoms with E-state index in [2.05, 4.69) is 67.5 Å². The van der Waals surface area contributed by atoms with Crippen molar-refractivity contribution in [3.8, 4) is 0 Å². The first-order valence-corrected chi connectivity index (χ1v) is 8.06. The normalized spacial score (nSPS) is 12.7. The number of nitrogens with zero attached hydrogens (tertiary/aromatic N) is 2. The third-order valence-electron chi connectivity index (χ3n) is 3.29. The van der Waals surface area contributed by atoms with Gasteiger partial charge in [0.05, 0.1) is 11.7 Å². The molecule has 3 N–H and O–H groups in total. The fourth-order valence-electron chi connectivity index (χ4n) is 2.19. The average Bonchev–Trinajstić information content (AvgIpc) is 2.75. The summed E-state index contributed by atoms with van der Waals surface area (Å²) >= 11 is 7.02. The van der Waals surface area contributed by atoms with Crippen LogP contribution < -0.4 is 11.3 Å². The molecule has 0 aliphatic heterocycles. The van der Waals surface area contributed by atoms with Crippen molar-refractivity contribution in [1.29, 1.82) is 0 Å². The minimum atomic E-state index is 0.0453. The van der Waals surface area contributed by atoms with Crippen LogP contribution in [0, 0.1) is 0 Å². The summed E-state index contributed by atoms with van der Waals surface area (Å²) < 4.78 is 3.98. The number of hydrazine groups is 1. The highest BCUT2D eigenvalue weighted by Gasteiger charge is 2.15. The van der Waals surface area contributed by atoms with E-state index < -0.39 is 0 Å². The van der Waals surface area contributed by atoms with E-state index in [1.165, 1.54) is 5.69 Å². The number of hydrogen-bond acceptors (Lipinski definition) is 3. The lowest BCUT2D eigenvalue weighted by molar-refractivity contribution is 0.529. The number of hydrogen-bond donors (Lipinski definition) is 2. The molecule has 108 valence electrons. The first-order valence-electron chi connectivity index (χ1n) is 6.47. The maximum atomic E-state index is 5.73. The summed E-state index contributed by atoms with van der Waals surface area (Å²) in [7, 11) is 1.97. The van der Waals surface area contributed by atoms with Gasteiger partial charge in [-0.05, 0) is 36.2 Å². The molecule has 6 heteroatoms. The Morgan fingerprint density at radius 3 is 2.40 bits per heavy atom. The lowest BCUT2D eigenvalue weighted by Crippen LogP contribution is -2.30. The van der Waals surface area contributed by atoms with Gasteiger partial charge in [0.15, 0.2) is 0 Å². The lowest BCUT2D eigenvalue weighted by atomic mass is 10.0. The Hall–Kier alpha value is -0.690. The highest BCUT2D eigenvalue weighted by Crippen LogP contribution is 2.26. The Morgan fingerprint density at radius 1 is 1.25 bits per heavy atom. The molecule has 1 heterocycles. The predicted octanol–water partition coefficient (Wildman–Crippen LogP) is 3.25. The van der Waals surface area contributed by atoms with Crippen molar-refractivity contribution in [2.45, 2.75) is 25.8 Å².